The third-order valence-corrected chi connectivity index (χ3v) is 7.30. The number of carbonyl (C=O) groups excluding carboxylic acids is 2. The lowest BCUT2D eigenvalue weighted by Crippen LogP contribution is -2.19. The number of likely N-dealkylation sites (N-methyl/N-ethyl adjacent to an activating group) is 1. The number of rotatable bonds is 10. The number of nitrogens with two attached hydrogens (primary N) is 1. The lowest BCUT2D eigenvalue weighted by atomic mass is 9.98. The molecule has 31 heavy (non-hydrogen) atoms. The van der Waals surface area contributed by atoms with Crippen LogP contribution in [0.25, 0.3) is 11.1 Å². The second kappa shape index (κ2) is 10.9. The van der Waals surface area contributed by atoms with Crippen molar-refractivity contribution in [3.8, 4) is 11.1 Å². The first-order valence-corrected chi connectivity index (χ1v) is 12.6. The number of hydrogen-bond donors (Lipinski definition) is 2. The van der Waals surface area contributed by atoms with Crippen molar-refractivity contribution >= 4 is 33.2 Å². The molecule has 0 spiro atoms. The highest BCUT2D eigenvalue weighted by Crippen LogP contribution is 2.41. The molecule has 0 aliphatic rings. The van der Waals surface area contributed by atoms with Crippen LogP contribution in [0, 0.1) is 5.92 Å². The first-order chi connectivity index (χ1) is 14.6. The number of nitrogens with one attached hydrogen (secondary N) is 1. The standard InChI is InChI=1S/C22H30N2O5S2/c1-5-6-11-29-21(26)20-17(12-14(2)3)30-22(31(23,27)28)19(20)16-9-7-15(8-10-16)13-18(25)24-4/h7-10,14H,5-6,11-13H2,1-4H3,(H,24,25)(H2,23,27,28). The number of sulfonamides is 1. The summed E-state index contributed by atoms with van der Waals surface area (Å²) < 4.78 is 30.2. The zero-order valence-corrected chi connectivity index (χ0v) is 20.0. The number of esters is 1. The van der Waals surface area contributed by atoms with Crippen LogP contribution in [0.2, 0.25) is 0 Å². The van der Waals surface area contributed by atoms with E-state index >= 15 is 0 Å². The van der Waals surface area contributed by atoms with Gasteiger partial charge >= 0.3 is 5.97 Å². The van der Waals surface area contributed by atoms with Gasteiger partial charge < -0.3 is 10.1 Å². The second-order valence-corrected chi connectivity index (χ2v) is 10.6. The van der Waals surface area contributed by atoms with Gasteiger partial charge in [0.25, 0.3) is 0 Å². The minimum atomic E-state index is -4.06. The number of unbranched alkanes of at least 4 members (excludes halogenated alkanes) is 1. The molecule has 1 heterocycles. The Hall–Kier alpha value is -2.23. The molecule has 0 saturated carbocycles. The van der Waals surface area contributed by atoms with Gasteiger partial charge in [0.15, 0.2) is 0 Å². The van der Waals surface area contributed by atoms with Crippen molar-refractivity contribution in [1.82, 2.24) is 5.32 Å². The SMILES string of the molecule is CCCCOC(=O)c1c(CC(C)C)sc(S(N)(=O)=O)c1-c1ccc(CC(=O)NC)cc1. The molecule has 9 heteroatoms. The summed E-state index contributed by atoms with van der Waals surface area (Å²) in [5.74, 6) is -0.468. The minimum Gasteiger partial charge on any atom is -0.462 e. The molecule has 1 amide bonds. The molecule has 7 nitrogen and oxygen atoms in total. The molecular weight excluding hydrogens is 436 g/mol. The molecule has 0 bridgehead atoms. The molecule has 0 aliphatic heterocycles. The van der Waals surface area contributed by atoms with Crippen LogP contribution >= 0.6 is 11.3 Å². The predicted molar refractivity (Wildman–Crippen MR) is 123 cm³/mol. The van der Waals surface area contributed by atoms with Gasteiger partial charge in [-0.3, -0.25) is 4.79 Å². The maximum Gasteiger partial charge on any atom is 0.339 e. The normalized spacial score (nSPS) is 11.5. The van der Waals surface area contributed by atoms with E-state index in [9.17, 15) is 18.0 Å². The monoisotopic (exact) mass is 466 g/mol. The average molecular weight is 467 g/mol. The summed E-state index contributed by atoms with van der Waals surface area (Å²) in [5.41, 5.74) is 1.84. The van der Waals surface area contributed by atoms with Crippen molar-refractivity contribution in [2.24, 2.45) is 11.1 Å². The van der Waals surface area contributed by atoms with E-state index in [1.165, 1.54) is 0 Å². The quantitative estimate of drug-likeness (QED) is 0.411. The highest BCUT2D eigenvalue weighted by molar-refractivity contribution is 7.91. The summed E-state index contributed by atoms with van der Waals surface area (Å²) in [6.45, 7) is 6.25. The molecule has 0 atom stereocenters. The van der Waals surface area contributed by atoms with Crippen LogP contribution in [-0.2, 0) is 32.4 Å². The number of ether oxygens (including phenoxy) is 1. The maximum atomic E-state index is 13.0. The molecule has 0 fully saturated rings. The summed E-state index contributed by atoms with van der Waals surface area (Å²) in [4.78, 5) is 25.3. The smallest absolute Gasteiger partial charge is 0.339 e. The largest absolute Gasteiger partial charge is 0.462 e. The van der Waals surface area contributed by atoms with Crippen molar-refractivity contribution in [3.63, 3.8) is 0 Å². The third-order valence-electron chi connectivity index (χ3n) is 4.62. The summed E-state index contributed by atoms with van der Waals surface area (Å²) in [6, 6.07) is 6.89. The molecule has 170 valence electrons. The van der Waals surface area contributed by atoms with Crippen LogP contribution in [0.4, 0.5) is 0 Å². The Balaban J connectivity index is 2.62. The van der Waals surface area contributed by atoms with E-state index in [0.29, 0.717) is 16.9 Å². The number of hydrogen-bond acceptors (Lipinski definition) is 6. The van der Waals surface area contributed by atoms with Crippen molar-refractivity contribution in [2.45, 2.75) is 50.7 Å². The fraction of sp³-hybridized carbons (Fsp3) is 0.455. The Morgan fingerprint density at radius 2 is 1.84 bits per heavy atom. The van der Waals surface area contributed by atoms with Crippen molar-refractivity contribution in [3.05, 3.63) is 40.3 Å². The highest BCUT2D eigenvalue weighted by atomic mass is 32.2. The van der Waals surface area contributed by atoms with Crippen LogP contribution in [0.15, 0.2) is 28.5 Å². The molecule has 0 aliphatic carbocycles. The van der Waals surface area contributed by atoms with Gasteiger partial charge in [-0.05, 0) is 29.9 Å². The van der Waals surface area contributed by atoms with Gasteiger partial charge in [0.05, 0.1) is 18.6 Å². The summed E-state index contributed by atoms with van der Waals surface area (Å²) >= 11 is 1.02. The van der Waals surface area contributed by atoms with Gasteiger partial charge in [0.1, 0.15) is 4.21 Å². The molecule has 2 rings (SSSR count). The van der Waals surface area contributed by atoms with Crippen LogP contribution in [0.1, 0.15) is 54.4 Å². The first kappa shape index (κ1) is 25.0. The number of primary sulfonamides is 1. The Morgan fingerprint density at radius 1 is 1.19 bits per heavy atom. The molecule has 2 aromatic rings. The second-order valence-electron chi connectivity index (χ2n) is 7.74. The zero-order valence-electron chi connectivity index (χ0n) is 18.4. The first-order valence-electron chi connectivity index (χ1n) is 10.2. The molecule has 0 unspecified atom stereocenters. The Labute approximate surface area is 188 Å². The maximum absolute atomic E-state index is 13.0. The Kier molecular flexibility index (Phi) is 8.79. The van der Waals surface area contributed by atoms with Crippen LogP contribution in [0.3, 0.4) is 0 Å². The summed E-state index contributed by atoms with van der Waals surface area (Å²) in [7, 11) is -2.50. The van der Waals surface area contributed by atoms with Crippen molar-refractivity contribution in [1.29, 1.82) is 0 Å². The molecule has 1 aromatic carbocycles. The number of carbonyl (C=O) groups is 2. The fourth-order valence-electron chi connectivity index (χ4n) is 3.09. The lowest BCUT2D eigenvalue weighted by molar-refractivity contribution is -0.119. The van der Waals surface area contributed by atoms with Crippen LogP contribution < -0.4 is 10.5 Å². The predicted octanol–water partition coefficient (Wildman–Crippen LogP) is 3.51. The molecular formula is C22H30N2O5S2. The van der Waals surface area contributed by atoms with E-state index in [-0.39, 0.29) is 40.2 Å². The number of amides is 1. The molecule has 0 saturated heterocycles. The van der Waals surface area contributed by atoms with E-state index in [4.69, 9.17) is 9.88 Å². The number of thiophene rings is 1. The molecule has 0 radical (unpaired) electrons. The van der Waals surface area contributed by atoms with E-state index < -0.39 is 16.0 Å². The van der Waals surface area contributed by atoms with E-state index in [2.05, 4.69) is 5.32 Å². The zero-order chi connectivity index (χ0) is 23.2. The van der Waals surface area contributed by atoms with E-state index in [1.807, 2.05) is 20.8 Å². The van der Waals surface area contributed by atoms with E-state index in [1.54, 1.807) is 31.3 Å². The van der Waals surface area contributed by atoms with Gasteiger partial charge in [-0.25, -0.2) is 18.4 Å². The molecule has 3 N–H and O–H groups in total. The van der Waals surface area contributed by atoms with Crippen LogP contribution in [-0.4, -0.2) is 33.9 Å². The van der Waals surface area contributed by atoms with Crippen LogP contribution in [0.5, 0.6) is 0 Å². The minimum absolute atomic E-state index is 0.0513. The van der Waals surface area contributed by atoms with Gasteiger partial charge in [0.2, 0.25) is 15.9 Å². The summed E-state index contributed by atoms with van der Waals surface area (Å²) in [6.07, 6.45) is 2.33. The topological polar surface area (TPSA) is 116 Å². The van der Waals surface area contributed by atoms with Crippen molar-refractivity contribution < 1.29 is 22.7 Å². The van der Waals surface area contributed by atoms with Gasteiger partial charge in [-0.1, -0.05) is 51.5 Å². The highest BCUT2D eigenvalue weighted by Gasteiger charge is 2.30. The van der Waals surface area contributed by atoms with Gasteiger partial charge in [0, 0.05) is 17.5 Å². The fourth-order valence-corrected chi connectivity index (χ4v) is 5.61. The Bertz CT molecular complexity index is 1020. The van der Waals surface area contributed by atoms with Gasteiger partial charge in [-0.15, -0.1) is 11.3 Å². The third kappa shape index (κ3) is 6.62. The van der Waals surface area contributed by atoms with Crippen molar-refractivity contribution in [2.75, 3.05) is 13.7 Å². The Morgan fingerprint density at radius 3 is 2.35 bits per heavy atom. The van der Waals surface area contributed by atoms with E-state index in [0.717, 1.165) is 29.7 Å². The molecule has 1 aromatic heterocycles. The lowest BCUT2D eigenvalue weighted by Gasteiger charge is -2.11. The number of benzene rings is 1. The summed E-state index contributed by atoms with van der Waals surface area (Å²) in [5, 5.41) is 8.09. The average Bonchev–Trinajstić information content (AvgIpc) is 3.07. The van der Waals surface area contributed by atoms with Gasteiger partial charge in [-0.2, -0.15) is 0 Å².